The zero-order valence-corrected chi connectivity index (χ0v) is 31.5. The van der Waals surface area contributed by atoms with E-state index < -0.39 is 52.8 Å². The van der Waals surface area contributed by atoms with Crippen molar-refractivity contribution in [3.63, 3.8) is 0 Å². The summed E-state index contributed by atoms with van der Waals surface area (Å²) >= 11 is -0.846. The summed E-state index contributed by atoms with van der Waals surface area (Å²) in [5, 5.41) is 40.8. The first kappa shape index (κ1) is 38.3. The summed E-state index contributed by atoms with van der Waals surface area (Å²) in [4.78, 5) is 42.0. The quantitative estimate of drug-likeness (QED) is 0.0684. The van der Waals surface area contributed by atoms with E-state index in [1.807, 2.05) is 36.4 Å². The van der Waals surface area contributed by atoms with Gasteiger partial charge in [-0.25, -0.2) is 0 Å². The zero-order valence-electron chi connectivity index (χ0n) is 29.4. The van der Waals surface area contributed by atoms with Gasteiger partial charge in [-0.15, -0.1) is 0 Å². The number of anilines is 1. The predicted octanol–water partition coefficient (Wildman–Crippen LogP) is 2.09. The fraction of sp³-hybridized carbons (Fsp3) is 0.472. The number of aliphatic hydroxyl groups is 3. The van der Waals surface area contributed by atoms with Crippen molar-refractivity contribution in [2.45, 2.75) is 75.4 Å². The summed E-state index contributed by atoms with van der Waals surface area (Å²) in [6.45, 7) is 9.86. The van der Waals surface area contributed by atoms with Crippen LogP contribution in [0.3, 0.4) is 0 Å². The van der Waals surface area contributed by atoms with E-state index in [0.29, 0.717) is 30.0 Å². The fourth-order valence-electron chi connectivity index (χ4n) is 6.34. The predicted molar refractivity (Wildman–Crippen MR) is 196 cm³/mol. The minimum atomic E-state index is -1.38. The molecule has 1 saturated heterocycles. The Bertz CT molecular complexity index is 1680. The third-order valence-corrected chi connectivity index (χ3v) is 11.0. The number of aliphatic hydroxyl groups excluding tert-OH is 3. The number of benzene rings is 2. The Hall–Kier alpha value is -3.91. The monoisotopic (exact) mass is 764 g/mol. The Morgan fingerprint density at radius 1 is 0.922 bits per heavy atom. The van der Waals surface area contributed by atoms with E-state index in [4.69, 9.17) is 4.74 Å². The molecule has 0 spiro atoms. The minimum absolute atomic E-state index is 0.0367. The van der Waals surface area contributed by atoms with E-state index in [9.17, 15) is 24.9 Å². The number of amides is 2. The van der Waals surface area contributed by atoms with Gasteiger partial charge in [-0.3, -0.25) is 0 Å². The van der Waals surface area contributed by atoms with E-state index in [1.54, 1.807) is 0 Å². The number of rotatable bonds is 17. The van der Waals surface area contributed by atoms with Crippen molar-refractivity contribution in [1.29, 1.82) is 0 Å². The number of hydrogen-bond donors (Lipinski definition) is 6. The first-order valence-electron chi connectivity index (χ1n) is 17.3. The van der Waals surface area contributed by atoms with E-state index in [0.717, 1.165) is 22.9 Å². The number of carbonyl (C=O) groups is 2. The first-order chi connectivity index (χ1) is 24.6. The van der Waals surface area contributed by atoms with Crippen LogP contribution in [0.25, 0.3) is 11.2 Å². The maximum absolute atomic E-state index is 13.5. The van der Waals surface area contributed by atoms with Crippen LogP contribution < -0.4 is 16.0 Å². The summed E-state index contributed by atoms with van der Waals surface area (Å²) in [6, 6.07) is 20.9. The Morgan fingerprint density at radius 3 is 2.14 bits per heavy atom. The van der Waals surface area contributed by atoms with Crippen molar-refractivity contribution in [3.05, 3.63) is 83.9 Å². The van der Waals surface area contributed by atoms with Crippen LogP contribution in [-0.2, 0) is 4.74 Å². The number of ether oxygens (including phenoxy) is 1. The molecule has 2 aromatic heterocycles. The van der Waals surface area contributed by atoms with Crippen LogP contribution in [0.4, 0.5) is 10.6 Å². The van der Waals surface area contributed by atoms with Gasteiger partial charge < -0.3 is 15.3 Å². The molecule has 5 atom stereocenters. The van der Waals surface area contributed by atoms with Gasteiger partial charge in [0.2, 0.25) is 0 Å². The summed E-state index contributed by atoms with van der Waals surface area (Å²) in [5.74, 6) is -0.492. The van der Waals surface area contributed by atoms with Crippen molar-refractivity contribution in [2.24, 2.45) is 0 Å². The molecule has 51 heavy (non-hydrogen) atoms. The molecule has 0 saturated carbocycles. The Balaban J connectivity index is 1.33. The molecule has 1 aliphatic heterocycles. The Kier molecular flexibility index (Phi) is 13.5. The molecule has 15 heteroatoms. The first-order valence-corrected chi connectivity index (χ1v) is 19.9. The van der Waals surface area contributed by atoms with E-state index in [-0.39, 0.29) is 35.2 Å². The molecule has 6 N–H and O–H groups in total. The molecule has 2 aromatic carbocycles. The van der Waals surface area contributed by atoms with Crippen molar-refractivity contribution in [2.75, 3.05) is 38.1 Å². The SMILES string of the molecule is CC(C)N(CC[AsH]C(=O)NCCNC(=O)c1nc(NCC(c2ccccc2)c2ccccc2)c2ncn([C@@H]3O[C@H](CO)[C@@H](O)[C@H]3O)c2n1)C(C)C. The van der Waals surface area contributed by atoms with Gasteiger partial charge in [0.15, 0.2) is 0 Å². The number of imidazole rings is 1. The molecule has 1 aliphatic rings. The molecular weight excluding hydrogens is 715 g/mol. The van der Waals surface area contributed by atoms with Crippen LogP contribution in [0.5, 0.6) is 0 Å². The van der Waals surface area contributed by atoms with Crippen LogP contribution in [0.1, 0.15) is 61.6 Å². The average molecular weight is 765 g/mol. The number of hydrogen-bond acceptors (Lipinski definition) is 11. The van der Waals surface area contributed by atoms with Crippen LogP contribution in [0.15, 0.2) is 67.0 Å². The fourth-order valence-corrected chi connectivity index (χ4v) is 8.12. The van der Waals surface area contributed by atoms with Crippen molar-refractivity contribution in [3.8, 4) is 0 Å². The number of aromatic nitrogens is 4. The topological polar surface area (TPSA) is 187 Å². The number of nitrogens with one attached hydrogen (secondary N) is 3. The normalized spacial score (nSPS) is 19.3. The van der Waals surface area contributed by atoms with Crippen molar-refractivity contribution >= 4 is 43.3 Å². The summed E-state index contributed by atoms with van der Waals surface area (Å²) < 4.78 is 7.23. The number of nitrogens with zero attached hydrogens (tertiary/aromatic N) is 5. The van der Waals surface area contributed by atoms with E-state index >= 15 is 0 Å². The molecule has 5 rings (SSSR count). The van der Waals surface area contributed by atoms with E-state index in [2.05, 4.69) is 87.8 Å². The van der Waals surface area contributed by atoms with Gasteiger partial charge in [0.05, 0.1) is 6.61 Å². The molecule has 0 radical (unpaired) electrons. The maximum atomic E-state index is 13.5. The van der Waals surface area contributed by atoms with Crippen LogP contribution in [-0.4, -0.2) is 129 Å². The molecule has 274 valence electrons. The molecule has 0 aliphatic carbocycles. The zero-order chi connectivity index (χ0) is 36.5. The van der Waals surface area contributed by atoms with Gasteiger partial charge in [0.1, 0.15) is 12.2 Å². The summed E-state index contributed by atoms with van der Waals surface area (Å²) in [7, 11) is 0. The number of carbonyl (C=O) groups excluding carboxylic acids is 2. The van der Waals surface area contributed by atoms with Gasteiger partial charge >= 0.3 is 200 Å². The van der Waals surface area contributed by atoms with Gasteiger partial charge in [-0.05, 0) is 11.1 Å². The molecule has 1 unspecified atom stereocenters. The molecule has 4 aromatic rings. The van der Waals surface area contributed by atoms with Crippen molar-refractivity contribution in [1.82, 2.24) is 35.1 Å². The van der Waals surface area contributed by atoms with Gasteiger partial charge in [0.25, 0.3) is 0 Å². The Labute approximate surface area is 304 Å². The summed E-state index contributed by atoms with van der Waals surface area (Å²) in [5.41, 5.74) is 2.69. The number of fused-ring (bicyclic) bond motifs is 1. The molecule has 1 fully saturated rings. The van der Waals surface area contributed by atoms with Crippen LogP contribution in [0, 0.1) is 0 Å². The van der Waals surface area contributed by atoms with Crippen molar-refractivity contribution < 1.29 is 29.6 Å². The molecule has 14 nitrogen and oxygen atoms in total. The molecule has 3 heterocycles. The second kappa shape index (κ2) is 18.0. The standard InChI is InChI=1S/C36H49AsN8O6/c1-22(2)44(23(3)4)18-15-37-36(50)39-17-16-38-34(49)32-42-31(40-19-26(24-11-7-5-8-12-24)25-13-9-6-10-14-25)28-33(43-32)45(21-41-28)35-30(48)29(47)27(20-46)51-35/h5-14,21-23,26-27,29-30,35,37,46-48H,15-20H2,1-4H3,(H,38,49)(H,39,50)(H,40,42,43)/t27-,29-,30-,35-/m1/s1. The third-order valence-electron chi connectivity index (χ3n) is 8.97. The molecular formula is C36H49AsN8O6. The second-order valence-corrected chi connectivity index (χ2v) is 15.8. The second-order valence-electron chi connectivity index (χ2n) is 13.1. The van der Waals surface area contributed by atoms with Gasteiger partial charge in [-0.1, -0.05) is 60.7 Å². The molecule has 2 amide bonds. The Morgan fingerprint density at radius 2 is 1.55 bits per heavy atom. The third kappa shape index (κ3) is 9.50. The van der Waals surface area contributed by atoms with E-state index in [1.165, 1.54) is 10.9 Å². The molecule has 0 bridgehead atoms. The average Bonchev–Trinajstić information content (AvgIpc) is 3.68. The van der Waals surface area contributed by atoms with Gasteiger partial charge in [0, 0.05) is 0 Å². The van der Waals surface area contributed by atoms with Crippen LogP contribution >= 0.6 is 0 Å². The van der Waals surface area contributed by atoms with Crippen LogP contribution in [0.2, 0.25) is 5.21 Å². The summed E-state index contributed by atoms with van der Waals surface area (Å²) in [6.07, 6.45) is -3.44. The van der Waals surface area contributed by atoms with Gasteiger partial charge in [-0.2, -0.15) is 0 Å².